The fourth-order valence-corrected chi connectivity index (χ4v) is 2.01. The lowest BCUT2D eigenvalue weighted by atomic mass is 10.2. The lowest BCUT2D eigenvalue weighted by molar-refractivity contribution is 0.293. The molecule has 0 unspecified atom stereocenters. The first-order valence-electron chi connectivity index (χ1n) is 5.43. The van der Waals surface area contributed by atoms with Gasteiger partial charge in [-0.25, -0.2) is 4.98 Å². The van der Waals surface area contributed by atoms with E-state index in [-0.39, 0.29) is 0 Å². The minimum absolute atomic E-state index is 0.431. The third-order valence-corrected chi connectivity index (χ3v) is 2.83. The van der Waals surface area contributed by atoms with E-state index in [4.69, 9.17) is 10.00 Å². The number of hydrogen-bond donors (Lipinski definition) is 0. The summed E-state index contributed by atoms with van der Waals surface area (Å²) in [5.41, 5.74) is 2.39. The first-order valence-corrected chi connectivity index (χ1v) is 6.23. The van der Waals surface area contributed by atoms with Crippen LogP contribution in [-0.4, -0.2) is 4.98 Å². The van der Waals surface area contributed by atoms with Crippen LogP contribution in [0, 0.1) is 18.3 Å². The zero-order valence-corrected chi connectivity index (χ0v) is 11.4. The van der Waals surface area contributed by atoms with Crippen LogP contribution in [0.2, 0.25) is 0 Å². The molecule has 0 atom stereocenters. The van der Waals surface area contributed by atoms with Crippen LogP contribution in [0.3, 0.4) is 0 Å². The molecule has 0 saturated carbocycles. The van der Waals surface area contributed by atoms with Gasteiger partial charge in [-0.05, 0) is 30.7 Å². The molecule has 4 heteroatoms. The topological polar surface area (TPSA) is 45.9 Å². The van der Waals surface area contributed by atoms with Gasteiger partial charge in [0.1, 0.15) is 6.61 Å². The van der Waals surface area contributed by atoms with Gasteiger partial charge in [0.15, 0.2) is 0 Å². The molecular formula is C14H11BrN2O. The number of aryl methyl sites for hydroxylation is 1. The van der Waals surface area contributed by atoms with Gasteiger partial charge in [0, 0.05) is 16.2 Å². The molecule has 2 aromatic rings. The Labute approximate surface area is 114 Å². The average molecular weight is 303 g/mol. The van der Waals surface area contributed by atoms with E-state index in [0.29, 0.717) is 18.1 Å². The zero-order valence-electron chi connectivity index (χ0n) is 9.85. The highest BCUT2D eigenvalue weighted by atomic mass is 79.9. The summed E-state index contributed by atoms with van der Waals surface area (Å²) < 4.78 is 6.60. The summed E-state index contributed by atoms with van der Waals surface area (Å²) in [6.07, 6.45) is 0. The lowest BCUT2D eigenvalue weighted by Crippen LogP contribution is -1.98. The van der Waals surface area contributed by atoms with Crippen molar-refractivity contribution in [3.05, 3.63) is 57.7 Å². The molecule has 0 bridgehead atoms. The molecule has 0 spiro atoms. The number of rotatable bonds is 3. The van der Waals surface area contributed by atoms with Crippen LogP contribution in [-0.2, 0) is 6.61 Å². The Bertz CT molecular complexity index is 605. The van der Waals surface area contributed by atoms with Gasteiger partial charge >= 0.3 is 0 Å². The molecule has 0 saturated heterocycles. The lowest BCUT2D eigenvalue weighted by Gasteiger charge is -2.06. The molecule has 1 heterocycles. The van der Waals surface area contributed by atoms with E-state index in [0.717, 1.165) is 15.7 Å². The fourth-order valence-electron chi connectivity index (χ4n) is 1.56. The highest BCUT2D eigenvalue weighted by molar-refractivity contribution is 9.10. The molecule has 0 fully saturated rings. The third-order valence-electron chi connectivity index (χ3n) is 2.33. The minimum atomic E-state index is 0.431. The maximum Gasteiger partial charge on any atom is 0.215 e. The van der Waals surface area contributed by atoms with E-state index < -0.39 is 0 Å². The smallest absolute Gasteiger partial charge is 0.215 e. The summed E-state index contributed by atoms with van der Waals surface area (Å²) >= 11 is 3.41. The van der Waals surface area contributed by atoms with Crippen LogP contribution in [0.25, 0.3) is 0 Å². The van der Waals surface area contributed by atoms with Gasteiger partial charge < -0.3 is 4.74 Å². The first kappa shape index (κ1) is 12.6. The molecule has 0 aliphatic heterocycles. The number of benzene rings is 1. The second-order valence-corrected chi connectivity index (χ2v) is 4.78. The van der Waals surface area contributed by atoms with Crippen molar-refractivity contribution in [3.8, 4) is 11.9 Å². The second kappa shape index (κ2) is 5.65. The maximum absolute atomic E-state index is 8.87. The van der Waals surface area contributed by atoms with Crippen molar-refractivity contribution in [2.45, 2.75) is 13.5 Å². The molecule has 0 radical (unpaired) electrons. The number of pyridine rings is 1. The van der Waals surface area contributed by atoms with Crippen molar-refractivity contribution in [1.82, 2.24) is 4.98 Å². The average Bonchev–Trinajstić information content (AvgIpc) is 2.36. The van der Waals surface area contributed by atoms with E-state index in [1.54, 1.807) is 12.1 Å². The van der Waals surface area contributed by atoms with Crippen LogP contribution < -0.4 is 4.74 Å². The van der Waals surface area contributed by atoms with Crippen LogP contribution in [0.5, 0.6) is 5.88 Å². The molecule has 0 aliphatic carbocycles. The largest absolute Gasteiger partial charge is 0.473 e. The van der Waals surface area contributed by atoms with E-state index >= 15 is 0 Å². The van der Waals surface area contributed by atoms with Gasteiger partial charge in [-0.1, -0.05) is 28.1 Å². The summed E-state index contributed by atoms with van der Waals surface area (Å²) in [6.45, 7) is 2.27. The number of nitriles is 1. The Morgan fingerprint density at radius 1 is 1.33 bits per heavy atom. The summed E-state index contributed by atoms with van der Waals surface area (Å²) in [5.74, 6) is 0.478. The van der Waals surface area contributed by atoms with E-state index in [1.165, 1.54) is 0 Å². The Hall–Kier alpha value is -1.86. The normalized spacial score (nSPS) is 9.83. The Balaban J connectivity index is 2.11. The molecule has 1 aromatic heterocycles. The van der Waals surface area contributed by atoms with Crippen LogP contribution in [0.15, 0.2) is 40.9 Å². The Kier molecular flexibility index (Phi) is 3.96. The zero-order chi connectivity index (χ0) is 13.0. The van der Waals surface area contributed by atoms with Gasteiger partial charge in [-0.15, -0.1) is 0 Å². The van der Waals surface area contributed by atoms with Crippen molar-refractivity contribution in [2.24, 2.45) is 0 Å². The summed E-state index contributed by atoms with van der Waals surface area (Å²) in [6, 6.07) is 13.3. The van der Waals surface area contributed by atoms with Crippen LogP contribution in [0.4, 0.5) is 0 Å². The first-order chi connectivity index (χ1) is 8.67. The number of aromatic nitrogens is 1. The van der Waals surface area contributed by atoms with Gasteiger partial charge in [0.2, 0.25) is 5.88 Å². The highest BCUT2D eigenvalue weighted by Gasteiger charge is 2.02. The van der Waals surface area contributed by atoms with Gasteiger partial charge in [0.05, 0.1) is 11.6 Å². The van der Waals surface area contributed by atoms with E-state index in [2.05, 4.69) is 27.0 Å². The molecule has 3 nitrogen and oxygen atoms in total. The SMILES string of the molecule is Cc1cc(C#N)cc(OCc2cccc(Br)c2)n1. The fraction of sp³-hybridized carbons (Fsp3) is 0.143. The predicted molar refractivity (Wildman–Crippen MR) is 72.2 cm³/mol. The van der Waals surface area contributed by atoms with Crippen molar-refractivity contribution >= 4 is 15.9 Å². The Morgan fingerprint density at radius 3 is 2.89 bits per heavy atom. The molecule has 2 rings (SSSR count). The summed E-state index contributed by atoms with van der Waals surface area (Å²) in [4.78, 5) is 4.23. The molecular weight excluding hydrogens is 292 g/mol. The van der Waals surface area contributed by atoms with Crippen molar-refractivity contribution in [1.29, 1.82) is 5.26 Å². The highest BCUT2D eigenvalue weighted by Crippen LogP contribution is 2.16. The molecule has 0 amide bonds. The minimum Gasteiger partial charge on any atom is -0.473 e. The van der Waals surface area contributed by atoms with E-state index in [1.807, 2.05) is 31.2 Å². The van der Waals surface area contributed by atoms with Crippen LogP contribution in [0.1, 0.15) is 16.8 Å². The molecule has 0 aliphatic rings. The number of halogens is 1. The number of nitrogens with zero attached hydrogens (tertiary/aromatic N) is 2. The van der Waals surface area contributed by atoms with Crippen LogP contribution >= 0.6 is 15.9 Å². The maximum atomic E-state index is 8.87. The molecule has 1 aromatic carbocycles. The van der Waals surface area contributed by atoms with Gasteiger partial charge in [-0.3, -0.25) is 0 Å². The Morgan fingerprint density at radius 2 is 2.17 bits per heavy atom. The molecule has 18 heavy (non-hydrogen) atoms. The number of ether oxygens (including phenoxy) is 1. The number of hydrogen-bond acceptors (Lipinski definition) is 3. The summed E-state index contributed by atoms with van der Waals surface area (Å²) in [5, 5.41) is 8.87. The molecule has 0 N–H and O–H groups in total. The van der Waals surface area contributed by atoms with Gasteiger partial charge in [-0.2, -0.15) is 5.26 Å². The molecule has 90 valence electrons. The van der Waals surface area contributed by atoms with Crippen molar-refractivity contribution in [2.75, 3.05) is 0 Å². The standard InChI is InChI=1S/C14H11BrN2O/c1-10-5-12(8-16)7-14(17-10)18-9-11-3-2-4-13(15)6-11/h2-7H,9H2,1H3. The quantitative estimate of drug-likeness (QED) is 0.870. The van der Waals surface area contributed by atoms with Crippen molar-refractivity contribution < 1.29 is 4.74 Å². The monoisotopic (exact) mass is 302 g/mol. The predicted octanol–water partition coefficient (Wildman–Crippen LogP) is 3.60. The van der Waals surface area contributed by atoms with Crippen molar-refractivity contribution in [3.63, 3.8) is 0 Å². The second-order valence-electron chi connectivity index (χ2n) is 3.87. The van der Waals surface area contributed by atoms with E-state index in [9.17, 15) is 0 Å². The van der Waals surface area contributed by atoms with Gasteiger partial charge in [0.25, 0.3) is 0 Å². The summed E-state index contributed by atoms with van der Waals surface area (Å²) in [7, 11) is 0. The third kappa shape index (κ3) is 3.31.